The second-order valence-electron chi connectivity index (χ2n) is 7.27. The molecule has 3 rings (SSSR count). The van der Waals surface area contributed by atoms with E-state index in [1.165, 1.54) is 0 Å². The Bertz CT molecular complexity index is 871. The SMILES string of the molecule is O=C(Nc1ccc(CC(=O)N2CCN(CC(F)F)CC2)cc1)OCc1ccc(Cl)cc1. The molecule has 0 unspecified atom stereocenters. The maximum atomic E-state index is 12.5. The normalized spacial score (nSPS) is 14.5. The van der Waals surface area contributed by atoms with E-state index in [0.29, 0.717) is 36.9 Å². The van der Waals surface area contributed by atoms with Gasteiger partial charge in [-0.1, -0.05) is 35.9 Å². The molecular weight excluding hydrogens is 428 g/mol. The van der Waals surface area contributed by atoms with Crippen LogP contribution in [0.2, 0.25) is 5.02 Å². The van der Waals surface area contributed by atoms with Gasteiger partial charge in [-0.05, 0) is 35.4 Å². The predicted octanol–water partition coefficient (Wildman–Crippen LogP) is 4.04. The molecule has 1 aliphatic heterocycles. The highest BCUT2D eigenvalue weighted by molar-refractivity contribution is 6.30. The third kappa shape index (κ3) is 7.48. The number of nitrogens with zero attached hydrogens (tertiary/aromatic N) is 2. The van der Waals surface area contributed by atoms with E-state index in [0.717, 1.165) is 11.1 Å². The Labute approximate surface area is 184 Å². The highest BCUT2D eigenvalue weighted by Crippen LogP contribution is 2.14. The first-order chi connectivity index (χ1) is 14.9. The first-order valence-corrected chi connectivity index (χ1v) is 10.3. The molecule has 0 radical (unpaired) electrons. The summed E-state index contributed by atoms with van der Waals surface area (Å²) in [6, 6.07) is 13.9. The molecule has 2 amide bonds. The molecule has 2 aromatic carbocycles. The number of ether oxygens (including phenoxy) is 1. The minimum atomic E-state index is -2.36. The van der Waals surface area contributed by atoms with Crippen molar-refractivity contribution < 1.29 is 23.1 Å². The van der Waals surface area contributed by atoms with Gasteiger partial charge in [0.1, 0.15) is 6.61 Å². The maximum Gasteiger partial charge on any atom is 0.411 e. The molecule has 0 spiro atoms. The molecule has 0 saturated carbocycles. The average Bonchev–Trinajstić information content (AvgIpc) is 2.75. The van der Waals surface area contributed by atoms with Gasteiger partial charge in [0.25, 0.3) is 6.43 Å². The van der Waals surface area contributed by atoms with Gasteiger partial charge in [0, 0.05) is 36.9 Å². The summed E-state index contributed by atoms with van der Waals surface area (Å²) in [6.07, 6.45) is -2.72. The number of alkyl halides is 2. The Morgan fingerprint density at radius 3 is 2.19 bits per heavy atom. The lowest BCUT2D eigenvalue weighted by molar-refractivity contribution is -0.132. The number of carbonyl (C=O) groups is 2. The highest BCUT2D eigenvalue weighted by atomic mass is 35.5. The van der Waals surface area contributed by atoms with Crippen LogP contribution in [0.5, 0.6) is 0 Å². The number of benzene rings is 2. The Morgan fingerprint density at radius 1 is 0.968 bits per heavy atom. The van der Waals surface area contributed by atoms with Gasteiger partial charge in [-0.2, -0.15) is 0 Å². The van der Waals surface area contributed by atoms with E-state index < -0.39 is 12.5 Å². The Morgan fingerprint density at radius 2 is 1.58 bits per heavy atom. The minimum absolute atomic E-state index is 0.0419. The third-order valence-corrected chi connectivity index (χ3v) is 5.21. The van der Waals surface area contributed by atoms with E-state index in [1.807, 2.05) is 0 Å². The summed E-state index contributed by atoms with van der Waals surface area (Å²) in [5, 5.41) is 3.25. The van der Waals surface area contributed by atoms with Crippen LogP contribution in [0.3, 0.4) is 0 Å². The summed E-state index contributed by atoms with van der Waals surface area (Å²) in [7, 11) is 0. The number of piperazine rings is 1. The largest absolute Gasteiger partial charge is 0.444 e. The number of hydrogen-bond acceptors (Lipinski definition) is 4. The van der Waals surface area contributed by atoms with Crippen LogP contribution in [0, 0.1) is 0 Å². The van der Waals surface area contributed by atoms with Crippen LogP contribution in [0.25, 0.3) is 0 Å². The zero-order valence-electron chi connectivity index (χ0n) is 16.9. The number of nitrogens with one attached hydrogen (secondary N) is 1. The van der Waals surface area contributed by atoms with E-state index in [4.69, 9.17) is 16.3 Å². The van der Waals surface area contributed by atoms with Crippen molar-refractivity contribution in [1.82, 2.24) is 9.80 Å². The summed E-state index contributed by atoms with van der Waals surface area (Å²) in [4.78, 5) is 27.8. The zero-order valence-corrected chi connectivity index (χ0v) is 17.7. The summed E-state index contributed by atoms with van der Waals surface area (Å²) < 4.78 is 30.1. The Balaban J connectivity index is 1.41. The zero-order chi connectivity index (χ0) is 22.2. The number of amides is 2. The molecule has 166 valence electrons. The molecule has 1 aliphatic rings. The number of carbonyl (C=O) groups excluding carboxylic acids is 2. The van der Waals surface area contributed by atoms with Crippen LogP contribution in [0.15, 0.2) is 48.5 Å². The van der Waals surface area contributed by atoms with Crippen molar-refractivity contribution in [3.8, 4) is 0 Å². The molecular formula is C22H24ClF2N3O3. The van der Waals surface area contributed by atoms with E-state index in [1.54, 1.807) is 58.3 Å². The van der Waals surface area contributed by atoms with Crippen molar-refractivity contribution in [2.45, 2.75) is 19.5 Å². The van der Waals surface area contributed by atoms with Crippen molar-refractivity contribution >= 4 is 29.3 Å². The molecule has 31 heavy (non-hydrogen) atoms. The predicted molar refractivity (Wildman–Crippen MR) is 114 cm³/mol. The molecule has 0 bridgehead atoms. The molecule has 2 aromatic rings. The van der Waals surface area contributed by atoms with Crippen LogP contribution in [-0.4, -0.2) is 60.9 Å². The lowest BCUT2D eigenvalue weighted by Crippen LogP contribution is -2.50. The van der Waals surface area contributed by atoms with Gasteiger partial charge >= 0.3 is 6.09 Å². The first-order valence-electron chi connectivity index (χ1n) is 9.94. The van der Waals surface area contributed by atoms with Crippen LogP contribution < -0.4 is 5.32 Å². The molecule has 0 atom stereocenters. The molecule has 9 heteroatoms. The molecule has 0 aliphatic carbocycles. The van der Waals surface area contributed by atoms with Crippen molar-refractivity contribution in [3.05, 3.63) is 64.7 Å². The first kappa shape index (κ1) is 23.0. The van der Waals surface area contributed by atoms with E-state index in [2.05, 4.69) is 5.32 Å². The fourth-order valence-corrected chi connectivity index (χ4v) is 3.38. The molecule has 6 nitrogen and oxygen atoms in total. The van der Waals surface area contributed by atoms with Crippen molar-refractivity contribution in [3.63, 3.8) is 0 Å². The topological polar surface area (TPSA) is 61.9 Å². The second kappa shape index (κ2) is 11.1. The maximum absolute atomic E-state index is 12.5. The number of halogens is 3. The lowest BCUT2D eigenvalue weighted by atomic mass is 10.1. The molecule has 1 saturated heterocycles. The minimum Gasteiger partial charge on any atom is -0.444 e. The Hall–Kier alpha value is -2.71. The Kier molecular flexibility index (Phi) is 8.20. The standard InChI is InChI=1S/C22H24ClF2N3O3/c23-18-5-1-17(2-6-18)15-31-22(30)26-19-7-3-16(4-8-19)13-21(29)28-11-9-27(10-12-28)14-20(24)25/h1-8,20H,9-15H2,(H,26,30). The lowest BCUT2D eigenvalue weighted by Gasteiger charge is -2.34. The van der Waals surface area contributed by atoms with Crippen molar-refractivity contribution in [2.75, 3.05) is 38.0 Å². The van der Waals surface area contributed by atoms with Crippen LogP contribution in [-0.2, 0) is 22.6 Å². The monoisotopic (exact) mass is 451 g/mol. The van der Waals surface area contributed by atoms with Gasteiger partial charge in [0.2, 0.25) is 5.91 Å². The van der Waals surface area contributed by atoms with Crippen molar-refractivity contribution in [2.24, 2.45) is 0 Å². The third-order valence-electron chi connectivity index (χ3n) is 4.96. The van der Waals surface area contributed by atoms with Crippen LogP contribution in [0.1, 0.15) is 11.1 Å². The molecule has 1 heterocycles. The number of rotatable bonds is 7. The average molecular weight is 452 g/mol. The number of anilines is 1. The number of hydrogen-bond donors (Lipinski definition) is 1. The van der Waals surface area contributed by atoms with Gasteiger partial charge in [-0.25, -0.2) is 13.6 Å². The molecule has 0 aromatic heterocycles. The molecule has 1 fully saturated rings. The molecule has 1 N–H and O–H groups in total. The van der Waals surface area contributed by atoms with Gasteiger partial charge < -0.3 is 9.64 Å². The fourth-order valence-electron chi connectivity index (χ4n) is 3.25. The van der Waals surface area contributed by atoms with E-state index in [9.17, 15) is 18.4 Å². The van der Waals surface area contributed by atoms with Gasteiger partial charge in [0.05, 0.1) is 13.0 Å². The van der Waals surface area contributed by atoms with E-state index in [-0.39, 0.29) is 25.5 Å². The summed E-state index contributed by atoms with van der Waals surface area (Å²) in [5.74, 6) is -0.0419. The van der Waals surface area contributed by atoms with Crippen LogP contribution >= 0.6 is 11.6 Å². The van der Waals surface area contributed by atoms with Gasteiger partial charge in [0.15, 0.2) is 0 Å². The van der Waals surface area contributed by atoms with Gasteiger partial charge in [-0.3, -0.25) is 15.0 Å². The quantitative estimate of drug-likeness (QED) is 0.690. The van der Waals surface area contributed by atoms with Crippen LogP contribution in [0.4, 0.5) is 19.3 Å². The van der Waals surface area contributed by atoms with E-state index >= 15 is 0 Å². The second-order valence-corrected chi connectivity index (χ2v) is 7.71. The smallest absolute Gasteiger partial charge is 0.411 e. The van der Waals surface area contributed by atoms with Gasteiger partial charge in [-0.15, -0.1) is 0 Å². The fraction of sp³-hybridized carbons (Fsp3) is 0.364. The summed E-state index contributed by atoms with van der Waals surface area (Å²) >= 11 is 5.82. The van der Waals surface area contributed by atoms with Crippen molar-refractivity contribution in [1.29, 1.82) is 0 Å². The highest BCUT2D eigenvalue weighted by Gasteiger charge is 2.22. The summed E-state index contributed by atoms with van der Waals surface area (Å²) in [5.41, 5.74) is 2.18. The summed E-state index contributed by atoms with van der Waals surface area (Å²) in [6.45, 7) is 1.68.